The Hall–Kier alpha value is -0.800. The van der Waals surface area contributed by atoms with E-state index < -0.39 is 0 Å². The van der Waals surface area contributed by atoms with Crippen LogP contribution in [0.4, 0.5) is 0 Å². The Morgan fingerprint density at radius 2 is 2.12 bits per heavy atom. The molecule has 0 bridgehead atoms. The molecule has 0 aromatic heterocycles. The topological polar surface area (TPSA) is 21.3 Å². The summed E-state index contributed by atoms with van der Waals surface area (Å²) in [6, 6.07) is 8.29. The maximum atomic E-state index is 5.64. The summed E-state index contributed by atoms with van der Waals surface area (Å²) in [5.74, 6) is 0.855. The summed E-state index contributed by atoms with van der Waals surface area (Å²) in [6.45, 7) is 9.53. The fourth-order valence-corrected chi connectivity index (χ4v) is 1.54. The minimum absolute atomic E-state index is 0.472. The number of hydrogen-bond acceptors (Lipinski definition) is 2. The second kappa shape index (κ2) is 6.71. The molecule has 0 heterocycles. The minimum Gasteiger partial charge on any atom is -0.488 e. The van der Waals surface area contributed by atoms with Gasteiger partial charge in [0.1, 0.15) is 12.4 Å². The van der Waals surface area contributed by atoms with Gasteiger partial charge in [0.15, 0.2) is 0 Å². The number of para-hydroxylation sites is 1. The average Bonchev–Trinajstić information content (AvgIpc) is 2.25. The van der Waals surface area contributed by atoms with Crippen molar-refractivity contribution in [3.05, 3.63) is 40.9 Å². The van der Waals surface area contributed by atoms with Crippen LogP contribution >= 0.6 is 15.9 Å². The van der Waals surface area contributed by atoms with Gasteiger partial charge in [-0.2, -0.15) is 0 Å². The van der Waals surface area contributed by atoms with Gasteiger partial charge in [-0.05, 0) is 33.6 Å². The monoisotopic (exact) mass is 283 g/mol. The maximum Gasteiger partial charge on any atom is 0.133 e. The van der Waals surface area contributed by atoms with Gasteiger partial charge in [-0.1, -0.05) is 32.6 Å². The number of benzene rings is 1. The van der Waals surface area contributed by atoms with E-state index in [-0.39, 0.29) is 0 Å². The third-order valence-electron chi connectivity index (χ3n) is 2.03. The van der Waals surface area contributed by atoms with Crippen molar-refractivity contribution in [2.24, 2.45) is 0 Å². The molecule has 16 heavy (non-hydrogen) atoms. The van der Waals surface area contributed by atoms with Gasteiger partial charge in [0.05, 0.1) is 4.47 Å². The van der Waals surface area contributed by atoms with Gasteiger partial charge in [-0.25, -0.2) is 0 Å². The molecular formula is C13H18BrNO. The lowest BCUT2D eigenvalue weighted by Gasteiger charge is -2.12. The van der Waals surface area contributed by atoms with E-state index >= 15 is 0 Å². The molecule has 0 aliphatic rings. The summed E-state index contributed by atoms with van der Waals surface area (Å²) in [7, 11) is 0. The van der Waals surface area contributed by atoms with E-state index in [2.05, 4.69) is 41.7 Å². The van der Waals surface area contributed by atoms with E-state index in [9.17, 15) is 0 Å². The van der Waals surface area contributed by atoms with Crippen molar-refractivity contribution < 1.29 is 4.74 Å². The van der Waals surface area contributed by atoms with Gasteiger partial charge in [0.25, 0.3) is 0 Å². The van der Waals surface area contributed by atoms with Crippen molar-refractivity contribution >= 4 is 15.9 Å². The smallest absolute Gasteiger partial charge is 0.133 e. The van der Waals surface area contributed by atoms with Gasteiger partial charge in [0, 0.05) is 12.6 Å². The SMILES string of the molecule is C=C(CNC(C)C)COc1ccccc1Br. The zero-order valence-corrected chi connectivity index (χ0v) is 11.4. The van der Waals surface area contributed by atoms with Gasteiger partial charge in [-0.15, -0.1) is 0 Å². The molecule has 1 rings (SSSR count). The molecule has 3 heteroatoms. The maximum absolute atomic E-state index is 5.64. The molecule has 0 fully saturated rings. The third-order valence-corrected chi connectivity index (χ3v) is 2.68. The van der Waals surface area contributed by atoms with E-state index in [0.29, 0.717) is 12.6 Å². The van der Waals surface area contributed by atoms with Crippen LogP contribution in [0.3, 0.4) is 0 Å². The van der Waals surface area contributed by atoms with Crippen molar-refractivity contribution in [1.82, 2.24) is 5.32 Å². The molecule has 0 saturated heterocycles. The average molecular weight is 284 g/mol. The largest absolute Gasteiger partial charge is 0.488 e. The quantitative estimate of drug-likeness (QED) is 0.809. The fourth-order valence-electron chi connectivity index (χ4n) is 1.14. The Kier molecular flexibility index (Phi) is 5.56. The zero-order chi connectivity index (χ0) is 12.0. The number of halogens is 1. The van der Waals surface area contributed by atoms with Crippen LogP contribution < -0.4 is 10.1 Å². The summed E-state index contributed by atoms with van der Waals surface area (Å²) < 4.78 is 6.62. The van der Waals surface area contributed by atoms with Crippen molar-refractivity contribution in [2.45, 2.75) is 19.9 Å². The van der Waals surface area contributed by atoms with Crippen LogP contribution in [-0.2, 0) is 0 Å². The molecular weight excluding hydrogens is 266 g/mol. The first-order valence-corrected chi connectivity index (χ1v) is 6.16. The highest BCUT2D eigenvalue weighted by molar-refractivity contribution is 9.10. The normalized spacial score (nSPS) is 10.5. The van der Waals surface area contributed by atoms with Gasteiger partial charge >= 0.3 is 0 Å². The first-order chi connectivity index (χ1) is 7.59. The first-order valence-electron chi connectivity index (χ1n) is 5.37. The highest BCUT2D eigenvalue weighted by atomic mass is 79.9. The van der Waals surface area contributed by atoms with E-state index in [4.69, 9.17) is 4.74 Å². The molecule has 88 valence electrons. The van der Waals surface area contributed by atoms with Crippen molar-refractivity contribution in [3.8, 4) is 5.75 Å². The Bertz CT molecular complexity index is 350. The summed E-state index contributed by atoms with van der Waals surface area (Å²) >= 11 is 3.44. The summed E-state index contributed by atoms with van der Waals surface area (Å²) in [5, 5.41) is 3.30. The highest BCUT2D eigenvalue weighted by Gasteiger charge is 2.01. The molecule has 0 radical (unpaired) electrons. The molecule has 0 amide bonds. The van der Waals surface area contributed by atoms with E-state index in [1.807, 2.05) is 24.3 Å². The molecule has 1 N–H and O–H groups in total. The number of ether oxygens (including phenoxy) is 1. The standard InChI is InChI=1S/C13H18BrNO/c1-10(2)15-8-11(3)9-16-13-7-5-4-6-12(13)14/h4-7,10,15H,3,8-9H2,1-2H3. The van der Waals surface area contributed by atoms with Crippen molar-refractivity contribution in [2.75, 3.05) is 13.2 Å². The predicted molar refractivity (Wildman–Crippen MR) is 71.9 cm³/mol. The molecule has 0 aliphatic heterocycles. The summed E-state index contributed by atoms with van der Waals surface area (Å²) in [4.78, 5) is 0. The Morgan fingerprint density at radius 1 is 1.44 bits per heavy atom. The van der Waals surface area contributed by atoms with Gasteiger partial charge in [0.2, 0.25) is 0 Å². The van der Waals surface area contributed by atoms with Crippen LogP contribution in [0.5, 0.6) is 5.75 Å². The molecule has 1 aromatic carbocycles. The number of nitrogens with one attached hydrogen (secondary N) is 1. The summed E-state index contributed by atoms with van der Waals surface area (Å²) in [6.07, 6.45) is 0. The second-order valence-corrected chi connectivity index (χ2v) is 4.86. The minimum atomic E-state index is 0.472. The van der Waals surface area contributed by atoms with Crippen LogP contribution in [0.2, 0.25) is 0 Å². The predicted octanol–water partition coefficient (Wildman–Crippen LogP) is 3.38. The van der Waals surface area contributed by atoms with Crippen LogP contribution in [0, 0.1) is 0 Å². The van der Waals surface area contributed by atoms with Crippen LogP contribution in [0.1, 0.15) is 13.8 Å². The lowest BCUT2D eigenvalue weighted by atomic mass is 10.3. The van der Waals surface area contributed by atoms with E-state index in [1.54, 1.807) is 0 Å². The number of rotatable bonds is 6. The molecule has 0 aliphatic carbocycles. The first kappa shape index (κ1) is 13.3. The molecule has 0 unspecified atom stereocenters. The third kappa shape index (κ3) is 4.81. The second-order valence-electron chi connectivity index (χ2n) is 4.00. The van der Waals surface area contributed by atoms with Gasteiger partial charge in [-0.3, -0.25) is 0 Å². The molecule has 2 nitrogen and oxygen atoms in total. The van der Waals surface area contributed by atoms with Crippen molar-refractivity contribution in [3.63, 3.8) is 0 Å². The molecule has 0 atom stereocenters. The van der Waals surface area contributed by atoms with Crippen LogP contribution in [0.25, 0.3) is 0 Å². The van der Waals surface area contributed by atoms with Crippen molar-refractivity contribution in [1.29, 1.82) is 0 Å². The van der Waals surface area contributed by atoms with E-state index in [1.165, 1.54) is 0 Å². The Morgan fingerprint density at radius 3 is 2.75 bits per heavy atom. The molecule has 1 aromatic rings. The molecule has 0 spiro atoms. The van der Waals surface area contributed by atoms with Crippen LogP contribution in [0.15, 0.2) is 40.9 Å². The Balaban J connectivity index is 2.35. The number of hydrogen-bond donors (Lipinski definition) is 1. The zero-order valence-electron chi connectivity index (χ0n) is 9.79. The van der Waals surface area contributed by atoms with Gasteiger partial charge < -0.3 is 10.1 Å². The van der Waals surface area contributed by atoms with Crippen LogP contribution in [-0.4, -0.2) is 19.2 Å². The Labute approximate surface area is 106 Å². The summed E-state index contributed by atoms with van der Waals surface area (Å²) in [5.41, 5.74) is 1.05. The lowest BCUT2D eigenvalue weighted by molar-refractivity contribution is 0.345. The fraction of sp³-hybridized carbons (Fsp3) is 0.385. The van der Waals surface area contributed by atoms with E-state index in [0.717, 1.165) is 22.3 Å². The highest BCUT2D eigenvalue weighted by Crippen LogP contribution is 2.23. The molecule has 0 saturated carbocycles. The lowest BCUT2D eigenvalue weighted by Crippen LogP contribution is -2.26.